The number of halogens is 1. The summed E-state index contributed by atoms with van der Waals surface area (Å²) in [4.78, 5) is 16.6. The normalized spacial score (nSPS) is 9.85. The topological polar surface area (TPSA) is 64.8 Å². The van der Waals surface area contributed by atoms with E-state index in [2.05, 4.69) is 23.7 Å². The van der Waals surface area contributed by atoms with E-state index in [9.17, 15) is 9.32 Å². The maximum Gasteiger partial charge on any atom is 0.338 e. The number of rotatable bonds is 6. The standard InChI is InChI=1S/C13H20N2O2.CH3FO/c1-3-15(4-2)9-10-17-13(16)11-5-7-12(14)8-6-11;1-3-2/h5-8H,3-4,9-10,14H2,1-2H3;1H3. The molecule has 0 spiro atoms. The minimum atomic E-state index is -0.294. The van der Waals surface area contributed by atoms with Gasteiger partial charge in [-0.05, 0) is 41.9 Å². The van der Waals surface area contributed by atoms with Crippen molar-refractivity contribution in [2.24, 2.45) is 0 Å². The summed E-state index contributed by atoms with van der Waals surface area (Å²) in [6, 6.07) is 6.74. The second kappa shape index (κ2) is 11.2. The van der Waals surface area contributed by atoms with Crippen LogP contribution in [-0.4, -0.2) is 44.2 Å². The Balaban J connectivity index is 0.00000110. The van der Waals surface area contributed by atoms with Gasteiger partial charge in [-0.3, -0.25) is 0 Å². The molecule has 20 heavy (non-hydrogen) atoms. The van der Waals surface area contributed by atoms with Crippen molar-refractivity contribution >= 4 is 11.7 Å². The summed E-state index contributed by atoms with van der Waals surface area (Å²) in [5.74, 6) is -0.294. The number of likely N-dealkylation sites (N-methyl/N-ethyl adjacent to an activating group) is 1. The van der Waals surface area contributed by atoms with E-state index in [1.54, 1.807) is 24.3 Å². The lowest BCUT2D eigenvalue weighted by molar-refractivity contribution is -0.0960. The number of carbonyl (C=O) groups is 1. The largest absolute Gasteiger partial charge is 0.461 e. The predicted octanol–water partition coefficient (Wildman–Crippen LogP) is 2.28. The zero-order valence-electron chi connectivity index (χ0n) is 12.3. The molecule has 0 fully saturated rings. The van der Waals surface area contributed by atoms with Gasteiger partial charge >= 0.3 is 5.97 Å². The Morgan fingerprint density at radius 2 is 1.75 bits per heavy atom. The number of anilines is 1. The molecule has 0 atom stereocenters. The van der Waals surface area contributed by atoms with Crippen molar-refractivity contribution in [2.45, 2.75) is 13.8 Å². The van der Waals surface area contributed by atoms with Crippen LogP contribution in [0.15, 0.2) is 24.3 Å². The molecule has 1 aromatic rings. The average molecular weight is 286 g/mol. The van der Waals surface area contributed by atoms with Crippen LogP contribution in [0.4, 0.5) is 10.2 Å². The molecule has 1 rings (SSSR count). The first kappa shape index (κ1) is 18.3. The van der Waals surface area contributed by atoms with Crippen LogP contribution in [0.3, 0.4) is 0 Å². The van der Waals surface area contributed by atoms with Crippen molar-refractivity contribution in [3.63, 3.8) is 0 Å². The quantitative estimate of drug-likeness (QED) is 0.642. The number of esters is 1. The Morgan fingerprint density at radius 1 is 1.25 bits per heavy atom. The van der Waals surface area contributed by atoms with Gasteiger partial charge in [-0.25, -0.2) is 4.79 Å². The molecular weight excluding hydrogens is 263 g/mol. The molecule has 0 aromatic heterocycles. The van der Waals surface area contributed by atoms with E-state index in [0.29, 0.717) is 17.9 Å². The molecule has 1 aromatic carbocycles. The van der Waals surface area contributed by atoms with Crippen molar-refractivity contribution in [1.82, 2.24) is 4.90 Å². The summed E-state index contributed by atoms with van der Waals surface area (Å²) >= 11 is 0. The molecule has 5 nitrogen and oxygen atoms in total. The van der Waals surface area contributed by atoms with Crippen LogP contribution >= 0.6 is 0 Å². The second-order valence-corrected chi connectivity index (χ2v) is 3.94. The smallest absolute Gasteiger partial charge is 0.338 e. The molecule has 0 bridgehead atoms. The number of nitrogen functional groups attached to an aromatic ring is 1. The highest BCUT2D eigenvalue weighted by atomic mass is 19.3. The number of nitrogens with zero attached hydrogens (tertiary/aromatic N) is 1. The van der Waals surface area contributed by atoms with Gasteiger partial charge in [0.25, 0.3) is 0 Å². The van der Waals surface area contributed by atoms with Crippen LogP contribution in [-0.2, 0) is 9.68 Å². The summed E-state index contributed by atoms with van der Waals surface area (Å²) in [6.45, 7) is 7.31. The third-order valence-electron chi connectivity index (χ3n) is 2.68. The predicted molar refractivity (Wildman–Crippen MR) is 77.0 cm³/mol. The number of nitrogens with two attached hydrogens (primary N) is 1. The molecule has 0 aliphatic heterocycles. The van der Waals surface area contributed by atoms with E-state index in [1.165, 1.54) is 0 Å². The SMILES string of the molecule is CCN(CC)CCOC(=O)c1ccc(N)cc1.COF. The number of ether oxygens (including phenoxy) is 1. The maximum absolute atomic E-state index is 11.6. The van der Waals surface area contributed by atoms with E-state index < -0.39 is 0 Å². The molecular formula is C14H23FN2O3. The van der Waals surface area contributed by atoms with Gasteiger partial charge in [0.1, 0.15) is 6.61 Å². The molecule has 0 heterocycles. The fourth-order valence-electron chi connectivity index (χ4n) is 1.51. The zero-order chi connectivity index (χ0) is 15.4. The summed E-state index contributed by atoms with van der Waals surface area (Å²) in [6.07, 6.45) is 0. The van der Waals surface area contributed by atoms with E-state index in [4.69, 9.17) is 10.5 Å². The first-order chi connectivity index (χ1) is 9.58. The Bertz CT molecular complexity index is 367. The van der Waals surface area contributed by atoms with Gasteiger partial charge in [0, 0.05) is 12.2 Å². The van der Waals surface area contributed by atoms with Gasteiger partial charge in [-0.1, -0.05) is 13.8 Å². The lowest BCUT2D eigenvalue weighted by Crippen LogP contribution is -2.27. The average Bonchev–Trinajstić information content (AvgIpc) is 2.45. The first-order valence-electron chi connectivity index (χ1n) is 6.48. The summed E-state index contributed by atoms with van der Waals surface area (Å²) < 4.78 is 15.0. The van der Waals surface area contributed by atoms with Crippen LogP contribution in [0.2, 0.25) is 0 Å². The monoisotopic (exact) mass is 286 g/mol. The van der Waals surface area contributed by atoms with Crippen molar-refractivity contribution in [1.29, 1.82) is 0 Å². The van der Waals surface area contributed by atoms with Crippen molar-refractivity contribution < 1.29 is 19.0 Å². The molecule has 0 saturated carbocycles. The Hall–Kier alpha value is -1.66. The zero-order valence-corrected chi connectivity index (χ0v) is 12.3. The van der Waals surface area contributed by atoms with Crippen LogP contribution in [0.5, 0.6) is 0 Å². The number of benzene rings is 1. The molecule has 0 unspecified atom stereocenters. The molecule has 2 N–H and O–H groups in total. The van der Waals surface area contributed by atoms with Crippen molar-refractivity contribution in [3.8, 4) is 0 Å². The number of carbonyl (C=O) groups excluding carboxylic acids is 1. The van der Waals surface area contributed by atoms with Crippen molar-refractivity contribution in [3.05, 3.63) is 29.8 Å². The highest BCUT2D eigenvalue weighted by molar-refractivity contribution is 5.89. The molecule has 0 aliphatic rings. The Kier molecular flexibility index (Phi) is 10.3. The van der Waals surface area contributed by atoms with E-state index >= 15 is 0 Å². The summed E-state index contributed by atoms with van der Waals surface area (Å²) in [7, 11) is 0.958. The van der Waals surface area contributed by atoms with Crippen molar-refractivity contribution in [2.75, 3.05) is 39.1 Å². The number of hydrogen-bond acceptors (Lipinski definition) is 5. The minimum absolute atomic E-state index is 0.294. The van der Waals surface area contributed by atoms with Crippen LogP contribution < -0.4 is 5.73 Å². The molecule has 0 aliphatic carbocycles. The Morgan fingerprint density at radius 3 is 2.20 bits per heavy atom. The van der Waals surface area contributed by atoms with Gasteiger partial charge in [0.05, 0.1) is 12.7 Å². The molecule has 6 heteroatoms. The van der Waals surface area contributed by atoms with Gasteiger partial charge in [-0.15, -0.1) is 0 Å². The van der Waals surface area contributed by atoms with E-state index in [1.807, 2.05) is 0 Å². The maximum atomic E-state index is 11.6. The number of hydrogen-bond donors (Lipinski definition) is 1. The third kappa shape index (κ3) is 7.70. The third-order valence-corrected chi connectivity index (χ3v) is 2.68. The summed E-state index contributed by atoms with van der Waals surface area (Å²) in [5.41, 5.74) is 6.73. The molecule has 0 radical (unpaired) electrons. The fraction of sp³-hybridized carbons (Fsp3) is 0.500. The van der Waals surface area contributed by atoms with Crippen LogP contribution in [0.1, 0.15) is 24.2 Å². The van der Waals surface area contributed by atoms with Gasteiger partial charge in [0.15, 0.2) is 0 Å². The molecule has 114 valence electrons. The van der Waals surface area contributed by atoms with Crippen LogP contribution in [0.25, 0.3) is 0 Å². The van der Waals surface area contributed by atoms with E-state index in [-0.39, 0.29) is 5.97 Å². The minimum Gasteiger partial charge on any atom is -0.461 e. The highest BCUT2D eigenvalue weighted by Crippen LogP contribution is 2.06. The van der Waals surface area contributed by atoms with Gasteiger partial charge in [-0.2, -0.15) is 4.94 Å². The van der Waals surface area contributed by atoms with Gasteiger partial charge in [0.2, 0.25) is 0 Å². The van der Waals surface area contributed by atoms with E-state index in [0.717, 1.165) is 26.7 Å². The van der Waals surface area contributed by atoms with Gasteiger partial charge < -0.3 is 15.4 Å². The van der Waals surface area contributed by atoms with Crippen LogP contribution in [0, 0.1) is 0 Å². The highest BCUT2D eigenvalue weighted by Gasteiger charge is 2.07. The lowest BCUT2D eigenvalue weighted by Gasteiger charge is -2.17. The fourth-order valence-corrected chi connectivity index (χ4v) is 1.51. The summed E-state index contributed by atoms with van der Waals surface area (Å²) in [5, 5.41) is 0. The second-order valence-electron chi connectivity index (χ2n) is 3.94. The Labute approximate surface area is 119 Å². The molecule has 0 saturated heterocycles. The first-order valence-corrected chi connectivity index (χ1v) is 6.48. The molecule has 0 amide bonds. The lowest BCUT2D eigenvalue weighted by atomic mass is 10.2.